The molecule has 544 valence electrons. The van der Waals surface area contributed by atoms with Crippen LogP contribution in [-0.2, 0) is 83.1 Å². The summed E-state index contributed by atoms with van der Waals surface area (Å²) < 4.78 is 0. The van der Waals surface area contributed by atoms with Crippen LogP contribution >= 0.6 is 11.8 Å². The lowest BCUT2D eigenvalue weighted by molar-refractivity contribution is -0.138. The minimum Gasteiger partial charge on any atom is -0.508 e. The van der Waals surface area contributed by atoms with Crippen LogP contribution in [0.4, 0.5) is 0 Å². The highest BCUT2D eigenvalue weighted by molar-refractivity contribution is 7.98. The number of carbonyl (C=O) groups is 16. The number of benzene rings is 1. The quantitative estimate of drug-likeness (QED) is 0.0270. The van der Waals surface area contributed by atoms with Crippen LogP contribution in [0.2, 0.25) is 0 Å². The fourth-order valence-corrected chi connectivity index (χ4v) is 9.35. The molecule has 97 heavy (non-hydrogen) atoms. The summed E-state index contributed by atoms with van der Waals surface area (Å²) in [6, 6.07) is -15.0. The van der Waals surface area contributed by atoms with Crippen molar-refractivity contribution in [1.29, 1.82) is 0 Å². The molecule has 0 unspecified atom stereocenters. The zero-order chi connectivity index (χ0) is 73.8. The molecule has 0 fully saturated rings. The molecular weight excluding hydrogens is 1300 g/mol. The number of phenolic OH excluding ortho intramolecular Hbond substituents is 1. The van der Waals surface area contributed by atoms with Crippen molar-refractivity contribution in [3.8, 4) is 5.75 Å². The van der Waals surface area contributed by atoms with Gasteiger partial charge in [0.1, 0.15) is 78.3 Å². The minimum absolute atomic E-state index is 0.0946. The van der Waals surface area contributed by atoms with E-state index in [9.17, 15) is 102 Å². The number of primary amides is 3. The highest BCUT2D eigenvalue weighted by Crippen LogP contribution is 2.15. The summed E-state index contributed by atoms with van der Waals surface area (Å²) in [5, 5.41) is 88.2. The summed E-state index contributed by atoms with van der Waals surface area (Å²) >= 11 is 1.18. The van der Waals surface area contributed by atoms with Crippen LogP contribution in [0.15, 0.2) is 24.3 Å². The van der Waals surface area contributed by atoms with E-state index in [4.69, 9.17) is 28.0 Å². The van der Waals surface area contributed by atoms with Crippen molar-refractivity contribution >= 4 is 106 Å². The first kappa shape index (κ1) is 85.7. The average molecular weight is 1400 g/mol. The summed E-state index contributed by atoms with van der Waals surface area (Å²) in [5.41, 5.74) is 22.0. The first-order chi connectivity index (χ1) is 45.6. The molecule has 0 aliphatic heterocycles. The van der Waals surface area contributed by atoms with Gasteiger partial charge in [0, 0.05) is 26.2 Å². The number of amides is 15. The molecule has 1 aromatic carbocycles. The highest BCUT2D eigenvalue weighted by atomic mass is 32.2. The number of aliphatic hydroxyl groups excluding tert-OH is 4. The fraction of sp³-hybridized carbons (Fsp3) is 0.621. The Kier molecular flexibility index (Phi) is 39.3. The van der Waals surface area contributed by atoms with Gasteiger partial charge in [0.2, 0.25) is 88.6 Å². The number of hydrogen-bond donors (Lipinski definition) is 22. The Hall–Kier alpha value is -9.31. The number of phenols is 1. The zero-order valence-corrected chi connectivity index (χ0v) is 55.5. The van der Waals surface area contributed by atoms with E-state index in [1.807, 2.05) is 0 Å². The summed E-state index contributed by atoms with van der Waals surface area (Å²) in [4.78, 5) is 210. The van der Waals surface area contributed by atoms with Gasteiger partial charge in [-0.3, -0.25) is 76.7 Å². The number of rotatable bonds is 47. The number of hydrogen-bond acceptors (Lipinski definition) is 23. The molecule has 1 aromatic rings. The third-order valence-corrected chi connectivity index (χ3v) is 15.2. The van der Waals surface area contributed by atoms with Crippen molar-refractivity contribution in [2.45, 2.75) is 184 Å². The van der Waals surface area contributed by atoms with Crippen molar-refractivity contribution in [3.63, 3.8) is 0 Å². The van der Waals surface area contributed by atoms with E-state index >= 15 is 0 Å². The van der Waals surface area contributed by atoms with E-state index in [-0.39, 0.29) is 49.3 Å². The smallest absolute Gasteiger partial charge is 0.303 e. The maximum atomic E-state index is 14.4. The Balaban J connectivity index is 3.58. The van der Waals surface area contributed by atoms with Crippen molar-refractivity contribution in [2.75, 3.05) is 38.4 Å². The SMILES string of the molecule is CC[C@H](C)[C@H](NC(=O)[C@H](CCCCN)NC(=O)[C@H](CC(N)=O)NC(=O)[C@H](C)NC(C)=O)C(=O)N[C@@H](CO)C(=O)N[C@@H](Cc1ccc(O)cc1)C(=O)N[C@@H](CCC(N)=O)C(=O)N[C@@H](CO)C(=O)N[C@@H](CCSC)C(=O)N[C@@H](CO)C(=O)N[C@H](C(=O)N[C@@H](CCC(=O)O)C(N)=O)[C@@H](C)O. The fourth-order valence-electron chi connectivity index (χ4n) is 8.88. The molecule has 15 amide bonds. The van der Waals surface area contributed by atoms with Gasteiger partial charge in [-0.25, -0.2) is 0 Å². The van der Waals surface area contributed by atoms with Gasteiger partial charge in [-0.15, -0.1) is 0 Å². The molecular formula is C58H94N16O22S. The summed E-state index contributed by atoms with van der Waals surface area (Å²) in [7, 11) is 0. The predicted octanol–water partition coefficient (Wildman–Crippen LogP) is -9.43. The third-order valence-electron chi connectivity index (χ3n) is 14.6. The average Bonchev–Trinajstić information content (AvgIpc) is 0.877. The van der Waals surface area contributed by atoms with Crippen molar-refractivity contribution < 1.29 is 107 Å². The van der Waals surface area contributed by atoms with Crippen LogP contribution < -0.4 is 86.7 Å². The molecule has 0 saturated carbocycles. The first-order valence-electron chi connectivity index (χ1n) is 30.7. The standard InChI is InChI=1S/C58H94N16O22S/c1-7-27(2)45(73-51(89)34(10-8-9-20-59)65-53(91)38(23-43(61)82)68-48(86)28(3)63-30(5)79)57(95)72-40(25-76)55(93)69-37(22-31-11-13-32(80)14-12-31)52(90)66-35(15-17-42(60)81)49(87)70-39(24-75)54(92)67-36(19-21-97-6)50(88)71-41(26-77)56(94)74-46(29(4)78)58(96)64-33(47(62)85)16-18-44(83)84/h11-14,27-29,33-41,45-46,75-78,80H,7-10,15-26,59H2,1-6H3,(H2,60,81)(H2,61,82)(H2,62,85)(H,63,79)(H,64,96)(H,65,91)(H,66,90)(H,67,92)(H,68,86)(H,69,93)(H,70,87)(H,71,88)(H,72,95)(H,73,89)(H,74,94)(H,83,84)/t27-,28-,29+,33-,34-,35-,36-,37-,38-,39-,40-,41-,45-,46-/m0/s1. The Labute approximate surface area is 562 Å². The normalized spacial score (nSPS) is 15.3. The van der Waals surface area contributed by atoms with E-state index < -0.39 is 237 Å². The van der Waals surface area contributed by atoms with Gasteiger partial charge in [0.25, 0.3) is 0 Å². The minimum atomic E-state index is -1.95. The van der Waals surface area contributed by atoms with Crippen LogP contribution in [-0.4, -0.2) is 242 Å². The van der Waals surface area contributed by atoms with E-state index in [1.54, 1.807) is 20.1 Å². The second-order valence-electron chi connectivity index (χ2n) is 22.6. The summed E-state index contributed by atoms with van der Waals surface area (Å²) in [6.45, 7) is 3.38. The van der Waals surface area contributed by atoms with Crippen LogP contribution in [0.5, 0.6) is 5.75 Å². The van der Waals surface area contributed by atoms with Gasteiger partial charge in [-0.05, 0) is 94.5 Å². The molecule has 0 aromatic heterocycles. The number of aliphatic carboxylic acids is 1. The van der Waals surface area contributed by atoms with Gasteiger partial charge in [-0.1, -0.05) is 32.4 Å². The van der Waals surface area contributed by atoms with Gasteiger partial charge < -0.3 is 117 Å². The van der Waals surface area contributed by atoms with Gasteiger partial charge in [-0.2, -0.15) is 11.8 Å². The van der Waals surface area contributed by atoms with Gasteiger partial charge >= 0.3 is 5.97 Å². The molecule has 39 heteroatoms. The highest BCUT2D eigenvalue weighted by Gasteiger charge is 2.38. The number of aromatic hydroxyl groups is 1. The van der Waals surface area contributed by atoms with E-state index in [0.717, 1.165) is 13.8 Å². The topological polar surface area (TPSA) is 643 Å². The van der Waals surface area contributed by atoms with Crippen molar-refractivity contribution in [2.24, 2.45) is 28.9 Å². The van der Waals surface area contributed by atoms with E-state index in [0.29, 0.717) is 6.42 Å². The molecule has 38 nitrogen and oxygen atoms in total. The number of thioether (sulfide) groups is 1. The Morgan fingerprint density at radius 3 is 1.33 bits per heavy atom. The lowest BCUT2D eigenvalue weighted by atomic mass is 9.97. The second kappa shape index (κ2) is 44.4. The number of nitrogens with one attached hydrogen (secondary N) is 12. The number of carboxylic acids is 1. The first-order valence-corrected chi connectivity index (χ1v) is 32.1. The molecule has 0 aliphatic carbocycles. The van der Waals surface area contributed by atoms with E-state index in [2.05, 4.69) is 63.8 Å². The Morgan fingerprint density at radius 2 is 0.876 bits per heavy atom. The second-order valence-corrected chi connectivity index (χ2v) is 23.6. The van der Waals surface area contributed by atoms with Crippen LogP contribution in [0.25, 0.3) is 0 Å². The van der Waals surface area contributed by atoms with Crippen molar-refractivity contribution in [1.82, 2.24) is 63.8 Å². The molecule has 0 saturated heterocycles. The largest absolute Gasteiger partial charge is 0.508 e. The Bertz CT molecular complexity index is 2890. The van der Waals surface area contributed by atoms with Crippen molar-refractivity contribution in [3.05, 3.63) is 29.8 Å². The molecule has 0 radical (unpaired) electrons. The molecule has 26 N–H and O–H groups in total. The summed E-state index contributed by atoms with van der Waals surface area (Å²) in [5.74, 6) is -18.4. The third kappa shape index (κ3) is 31.9. The lowest BCUT2D eigenvalue weighted by Gasteiger charge is -2.29. The predicted molar refractivity (Wildman–Crippen MR) is 343 cm³/mol. The molecule has 0 bridgehead atoms. The van der Waals surface area contributed by atoms with Crippen LogP contribution in [0.3, 0.4) is 0 Å². The van der Waals surface area contributed by atoms with Gasteiger partial charge in [0.05, 0.1) is 32.3 Å². The van der Waals surface area contributed by atoms with Crippen LogP contribution in [0, 0.1) is 5.92 Å². The summed E-state index contributed by atoms with van der Waals surface area (Å²) in [6.07, 6.45) is -3.03. The van der Waals surface area contributed by atoms with Gasteiger partial charge in [0.15, 0.2) is 0 Å². The number of carboxylic acid groups (broad SMARTS) is 1. The number of carbonyl (C=O) groups excluding carboxylic acids is 15. The van der Waals surface area contributed by atoms with E-state index in [1.165, 1.54) is 43.0 Å². The number of aliphatic hydroxyl groups is 4. The maximum Gasteiger partial charge on any atom is 0.303 e. The zero-order valence-electron chi connectivity index (χ0n) is 54.6. The maximum absolute atomic E-state index is 14.4. The molecule has 14 atom stereocenters. The molecule has 0 heterocycles. The Morgan fingerprint density at radius 1 is 0.474 bits per heavy atom. The lowest BCUT2D eigenvalue weighted by Crippen LogP contribution is -2.62. The number of unbranched alkanes of at least 4 members (excludes halogenated alkanes) is 1. The molecule has 0 spiro atoms. The molecule has 1 rings (SSSR count). The molecule has 0 aliphatic rings. The van der Waals surface area contributed by atoms with Crippen LogP contribution in [0.1, 0.15) is 104 Å². The monoisotopic (exact) mass is 1400 g/mol. The number of nitrogens with two attached hydrogens (primary N) is 4.